The van der Waals surface area contributed by atoms with E-state index < -0.39 is 0 Å². The van der Waals surface area contributed by atoms with E-state index in [2.05, 4.69) is 146 Å². The van der Waals surface area contributed by atoms with Crippen LogP contribution in [0.15, 0.2) is 156 Å². The molecule has 0 aliphatic heterocycles. The van der Waals surface area contributed by atoms with Gasteiger partial charge in [-0.15, -0.1) is 0 Å². The molecule has 0 unspecified atom stereocenters. The summed E-state index contributed by atoms with van der Waals surface area (Å²) < 4.78 is 6.27. The van der Waals surface area contributed by atoms with Crippen molar-refractivity contribution in [1.29, 1.82) is 0 Å². The Morgan fingerprint density at radius 1 is 0.500 bits per heavy atom. The molecule has 3 nitrogen and oxygen atoms in total. The van der Waals surface area contributed by atoms with Crippen molar-refractivity contribution in [1.82, 2.24) is 0 Å². The van der Waals surface area contributed by atoms with Gasteiger partial charge in [-0.05, 0) is 111 Å². The Balaban J connectivity index is 1.26. The molecule has 2 N–H and O–H groups in total. The van der Waals surface area contributed by atoms with Crippen LogP contribution in [-0.2, 0) is 0 Å². The van der Waals surface area contributed by atoms with Crippen molar-refractivity contribution in [2.75, 3.05) is 10.6 Å². The first-order valence-electron chi connectivity index (χ1n) is 16.6. The SMILES string of the molecule is CC(C)N(c1ccc(-c2c3ccccc3c(-c3ccc4ccc5oc6ccccc6c5c4c3)c3ccccc23)cc1)c1ccccc1N. The molecule has 1 aromatic heterocycles. The minimum absolute atomic E-state index is 0.240. The predicted molar refractivity (Wildman–Crippen MR) is 205 cm³/mol. The van der Waals surface area contributed by atoms with Crippen LogP contribution in [0, 0.1) is 0 Å². The van der Waals surface area contributed by atoms with Crippen LogP contribution >= 0.6 is 0 Å². The standard InChI is InChI=1S/C45H34N2O/c1-28(2)47(40-17-9-8-16-39(40)46)32-24-21-30(22-25-32)43-33-11-3-5-13-35(33)44(36-14-6-4-12-34(36)43)31-20-19-29-23-26-42-45(38(29)27-31)37-15-7-10-18-41(37)48-42/h3-28H,46H2,1-2H3. The molecule has 0 radical (unpaired) electrons. The quantitative estimate of drug-likeness (QED) is 0.154. The normalized spacial score (nSPS) is 11.8. The van der Waals surface area contributed by atoms with Gasteiger partial charge in [0.25, 0.3) is 0 Å². The molecule has 0 spiro atoms. The molecule has 8 aromatic carbocycles. The Bertz CT molecular complexity index is 2610. The fourth-order valence-corrected chi connectivity index (χ4v) is 7.66. The summed E-state index contributed by atoms with van der Waals surface area (Å²) in [6.45, 7) is 4.40. The number of para-hydroxylation sites is 3. The first-order chi connectivity index (χ1) is 23.6. The lowest BCUT2D eigenvalue weighted by Gasteiger charge is -2.30. The second kappa shape index (κ2) is 11.0. The van der Waals surface area contributed by atoms with Crippen LogP contribution in [0.2, 0.25) is 0 Å². The molecule has 9 rings (SSSR count). The maximum absolute atomic E-state index is 6.43. The largest absolute Gasteiger partial charge is 0.456 e. The monoisotopic (exact) mass is 618 g/mol. The summed E-state index contributed by atoms with van der Waals surface area (Å²) in [4.78, 5) is 2.30. The third-order valence-corrected chi connectivity index (χ3v) is 9.73. The van der Waals surface area contributed by atoms with Crippen molar-refractivity contribution in [3.8, 4) is 22.3 Å². The fourth-order valence-electron chi connectivity index (χ4n) is 7.66. The maximum atomic E-state index is 6.43. The van der Waals surface area contributed by atoms with Crippen molar-refractivity contribution < 1.29 is 4.42 Å². The zero-order valence-electron chi connectivity index (χ0n) is 26.9. The number of nitrogens with zero attached hydrogens (tertiary/aromatic N) is 1. The number of furan rings is 1. The summed E-state index contributed by atoms with van der Waals surface area (Å²) >= 11 is 0. The van der Waals surface area contributed by atoms with Crippen LogP contribution in [0.25, 0.3) is 76.5 Å². The summed E-state index contributed by atoms with van der Waals surface area (Å²) in [7, 11) is 0. The highest BCUT2D eigenvalue weighted by molar-refractivity contribution is 6.23. The zero-order chi connectivity index (χ0) is 32.4. The van der Waals surface area contributed by atoms with E-state index in [0.717, 1.165) is 33.6 Å². The molecule has 9 aromatic rings. The summed E-state index contributed by atoms with van der Waals surface area (Å²) in [5.74, 6) is 0. The Morgan fingerprint density at radius 3 is 1.69 bits per heavy atom. The number of hydrogen-bond acceptors (Lipinski definition) is 3. The van der Waals surface area contributed by atoms with E-state index in [1.165, 1.54) is 60.0 Å². The number of hydrogen-bond donors (Lipinski definition) is 1. The summed E-state index contributed by atoms with van der Waals surface area (Å²) in [6.07, 6.45) is 0. The first kappa shape index (κ1) is 28.2. The molecule has 0 amide bonds. The minimum atomic E-state index is 0.240. The molecule has 0 aliphatic carbocycles. The smallest absolute Gasteiger partial charge is 0.136 e. The second-order valence-electron chi connectivity index (χ2n) is 12.9. The van der Waals surface area contributed by atoms with Gasteiger partial charge in [0.1, 0.15) is 11.2 Å². The topological polar surface area (TPSA) is 42.4 Å². The van der Waals surface area contributed by atoms with Crippen LogP contribution in [0.3, 0.4) is 0 Å². The molecule has 0 saturated carbocycles. The molecule has 0 aliphatic rings. The third kappa shape index (κ3) is 4.35. The average Bonchev–Trinajstić information content (AvgIpc) is 3.51. The first-order valence-corrected chi connectivity index (χ1v) is 16.6. The Labute approximate surface area is 279 Å². The fraction of sp³-hybridized carbons (Fsp3) is 0.0667. The van der Waals surface area contributed by atoms with Crippen molar-refractivity contribution in [2.45, 2.75) is 19.9 Å². The van der Waals surface area contributed by atoms with Crippen LogP contribution < -0.4 is 10.6 Å². The van der Waals surface area contributed by atoms with Crippen molar-refractivity contribution in [3.05, 3.63) is 152 Å². The highest BCUT2D eigenvalue weighted by Gasteiger charge is 2.20. The Hall–Kier alpha value is -6.06. The van der Waals surface area contributed by atoms with Gasteiger partial charge >= 0.3 is 0 Å². The van der Waals surface area contributed by atoms with E-state index in [1.54, 1.807) is 0 Å². The van der Waals surface area contributed by atoms with E-state index in [1.807, 2.05) is 24.3 Å². The summed E-state index contributed by atoms with van der Waals surface area (Å²) in [6, 6.07) is 54.5. The number of rotatable bonds is 5. The molecule has 0 bridgehead atoms. The van der Waals surface area contributed by atoms with Gasteiger partial charge in [-0.25, -0.2) is 0 Å². The molecular weight excluding hydrogens is 585 g/mol. The Kier molecular flexibility index (Phi) is 6.48. The van der Waals surface area contributed by atoms with E-state index in [-0.39, 0.29) is 6.04 Å². The second-order valence-corrected chi connectivity index (χ2v) is 12.9. The predicted octanol–water partition coefficient (Wildman–Crippen LogP) is 12.5. The third-order valence-electron chi connectivity index (χ3n) is 9.73. The van der Waals surface area contributed by atoms with Crippen LogP contribution in [0.5, 0.6) is 0 Å². The molecule has 230 valence electrons. The molecule has 1 heterocycles. The van der Waals surface area contributed by atoms with E-state index in [0.29, 0.717) is 0 Å². The molecule has 3 heteroatoms. The van der Waals surface area contributed by atoms with Crippen LogP contribution in [-0.4, -0.2) is 6.04 Å². The number of nitrogens with two attached hydrogens (primary N) is 1. The molecule has 0 atom stereocenters. The average molecular weight is 619 g/mol. The van der Waals surface area contributed by atoms with Gasteiger partial charge in [-0.3, -0.25) is 0 Å². The lowest BCUT2D eigenvalue weighted by molar-refractivity contribution is 0.669. The lowest BCUT2D eigenvalue weighted by atomic mass is 9.85. The lowest BCUT2D eigenvalue weighted by Crippen LogP contribution is -2.26. The molecule has 0 saturated heterocycles. The van der Waals surface area contributed by atoms with E-state index in [4.69, 9.17) is 10.2 Å². The van der Waals surface area contributed by atoms with E-state index >= 15 is 0 Å². The molecule has 0 fully saturated rings. The van der Waals surface area contributed by atoms with Gasteiger partial charge in [-0.2, -0.15) is 0 Å². The van der Waals surface area contributed by atoms with Gasteiger partial charge in [0.15, 0.2) is 0 Å². The number of anilines is 3. The van der Waals surface area contributed by atoms with Gasteiger partial charge in [0, 0.05) is 22.5 Å². The summed E-state index contributed by atoms with van der Waals surface area (Å²) in [5.41, 5.74) is 16.1. The van der Waals surface area contributed by atoms with Gasteiger partial charge in [-0.1, -0.05) is 109 Å². The molecular formula is C45H34N2O. The number of fused-ring (bicyclic) bond motifs is 7. The van der Waals surface area contributed by atoms with Crippen LogP contribution in [0.1, 0.15) is 13.8 Å². The summed E-state index contributed by atoms with van der Waals surface area (Å²) in [5, 5.41) is 9.67. The van der Waals surface area contributed by atoms with Gasteiger partial charge in [0.05, 0.1) is 11.4 Å². The molecule has 48 heavy (non-hydrogen) atoms. The van der Waals surface area contributed by atoms with Crippen molar-refractivity contribution in [3.63, 3.8) is 0 Å². The van der Waals surface area contributed by atoms with Gasteiger partial charge in [0.2, 0.25) is 0 Å². The Morgan fingerprint density at radius 2 is 1.04 bits per heavy atom. The van der Waals surface area contributed by atoms with Crippen LogP contribution in [0.4, 0.5) is 17.1 Å². The zero-order valence-corrected chi connectivity index (χ0v) is 26.9. The van der Waals surface area contributed by atoms with Gasteiger partial charge < -0.3 is 15.1 Å². The highest BCUT2D eigenvalue weighted by atomic mass is 16.3. The number of benzene rings is 8. The van der Waals surface area contributed by atoms with Crippen molar-refractivity contribution >= 4 is 71.3 Å². The maximum Gasteiger partial charge on any atom is 0.136 e. The minimum Gasteiger partial charge on any atom is -0.456 e. The van der Waals surface area contributed by atoms with E-state index in [9.17, 15) is 0 Å². The van der Waals surface area contributed by atoms with Crippen molar-refractivity contribution in [2.24, 2.45) is 0 Å². The highest BCUT2D eigenvalue weighted by Crippen LogP contribution is 2.45. The number of nitrogen functional groups attached to an aromatic ring is 1.